The molecule has 2 amide bonds. The highest BCUT2D eigenvalue weighted by Crippen LogP contribution is 2.46. The van der Waals surface area contributed by atoms with E-state index in [-0.39, 0.29) is 11.8 Å². The summed E-state index contributed by atoms with van der Waals surface area (Å²) in [4.78, 5) is 29.0. The van der Waals surface area contributed by atoms with E-state index in [1.807, 2.05) is 36.4 Å². The molecule has 1 aromatic heterocycles. The van der Waals surface area contributed by atoms with Crippen molar-refractivity contribution in [3.05, 3.63) is 78.3 Å². The zero-order chi connectivity index (χ0) is 21.3. The van der Waals surface area contributed by atoms with E-state index in [9.17, 15) is 9.59 Å². The van der Waals surface area contributed by atoms with E-state index in [0.29, 0.717) is 12.1 Å². The highest BCUT2D eigenvalue weighted by Gasteiger charge is 2.42. The molecule has 2 aromatic carbocycles. The molecule has 1 N–H and O–H groups in total. The molecule has 1 saturated carbocycles. The lowest BCUT2D eigenvalue weighted by Gasteiger charge is -2.27. The van der Waals surface area contributed by atoms with Crippen LogP contribution in [0.2, 0.25) is 0 Å². The first-order valence-corrected chi connectivity index (χ1v) is 11.5. The summed E-state index contributed by atoms with van der Waals surface area (Å²) in [6, 6.07) is 17.7. The van der Waals surface area contributed by atoms with Crippen LogP contribution in [0.3, 0.4) is 0 Å². The van der Waals surface area contributed by atoms with Crippen molar-refractivity contribution in [1.29, 1.82) is 0 Å². The summed E-state index contributed by atoms with van der Waals surface area (Å²) in [7, 11) is 0. The molecule has 1 aliphatic heterocycles. The number of nitrogens with one attached hydrogen (secondary N) is 1. The van der Waals surface area contributed by atoms with Crippen LogP contribution >= 0.6 is 11.8 Å². The Bertz CT molecular complexity index is 1090. The van der Waals surface area contributed by atoms with Gasteiger partial charge in [0.25, 0.3) is 5.91 Å². The molecule has 5 rings (SSSR count). The van der Waals surface area contributed by atoms with Gasteiger partial charge >= 0.3 is 0 Å². The predicted molar refractivity (Wildman–Crippen MR) is 123 cm³/mol. The van der Waals surface area contributed by atoms with Crippen LogP contribution in [0.4, 0.5) is 11.4 Å². The molecule has 1 fully saturated rings. The Morgan fingerprint density at radius 1 is 1.03 bits per heavy atom. The standard InChI is InChI=1S/C25H24N2O3S/c28-23(19-11-15-30-17-19)27-14-10-18-16-20(8-9-22(18)27)26-24(29)25(12-4-5-13-25)31-21-6-2-1-3-7-21/h1-3,6-9,11,15-17H,4-5,10,12-14H2,(H,26,29). The van der Waals surface area contributed by atoms with Gasteiger partial charge in [-0.25, -0.2) is 0 Å². The zero-order valence-electron chi connectivity index (χ0n) is 17.2. The molecule has 0 saturated heterocycles. The van der Waals surface area contributed by atoms with Gasteiger partial charge in [0.2, 0.25) is 5.91 Å². The monoisotopic (exact) mass is 432 g/mol. The van der Waals surface area contributed by atoms with Gasteiger partial charge < -0.3 is 14.6 Å². The Hall–Kier alpha value is -2.99. The highest BCUT2D eigenvalue weighted by molar-refractivity contribution is 8.01. The summed E-state index contributed by atoms with van der Waals surface area (Å²) >= 11 is 1.68. The first-order chi connectivity index (χ1) is 15.1. The fraction of sp³-hybridized carbons (Fsp3) is 0.280. The molecule has 6 heteroatoms. The van der Waals surface area contributed by atoms with Gasteiger partial charge in [-0.2, -0.15) is 0 Å². The molecule has 0 spiro atoms. The molecular formula is C25H24N2O3S. The SMILES string of the molecule is O=C(c1ccoc1)N1CCc2cc(NC(=O)C3(Sc4ccccc4)CCCC3)ccc21. The van der Waals surface area contributed by atoms with E-state index >= 15 is 0 Å². The lowest BCUT2D eigenvalue weighted by Crippen LogP contribution is -2.37. The number of thioether (sulfide) groups is 1. The molecule has 31 heavy (non-hydrogen) atoms. The van der Waals surface area contributed by atoms with Crippen molar-refractivity contribution in [1.82, 2.24) is 0 Å². The number of amides is 2. The van der Waals surface area contributed by atoms with E-state index in [2.05, 4.69) is 17.4 Å². The summed E-state index contributed by atoms with van der Waals surface area (Å²) in [5.41, 5.74) is 3.32. The van der Waals surface area contributed by atoms with Crippen LogP contribution in [-0.2, 0) is 11.2 Å². The van der Waals surface area contributed by atoms with Gasteiger partial charge in [0.15, 0.2) is 0 Å². The van der Waals surface area contributed by atoms with E-state index in [4.69, 9.17) is 4.42 Å². The van der Waals surface area contributed by atoms with Crippen molar-refractivity contribution in [2.45, 2.75) is 41.7 Å². The molecular weight excluding hydrogens is 408 g/mol. The predicted octanol–water partition coefficient (Wildman–Crippen LogP) is 5.53. The smallest absolute Gasteiger partial charge is 0.261 e. The summed E-state index contributed by atoms with van der Waals surface area (Å²) in [5.74, 6) is 0.0107. The lowest BCUT2D eigenvalue weighted by atomic mass is 10.1. The van der Waals surface area contributed by atoms with Crippen LogP contribution in [-0.4, -0.2) is 23.1 Å². The third kappa shape index (κ3) is 3.88. The molecule has 0 radical (unpaired) electrons. The van der Waals surface area contributed by atoms with Crippen molar-refractivity contribution in [2.75, 3.05) is 16.8 Å². The fourth-order valence-electron chi connectivity index (χ4n) is 4.51. The molecule has 0 unspecified atom stereocenters. The minimum Gasteiger partial charge on any atom is -0.472 e. The van der Waals surface area contributed by atoms with Gasteiger partial charge in [0.1, 0.15) is 6.26 Å². The lowest BCUT2D eigenvalue weighted by molar-refractivity contribution is -0.118. The third-order valence-corrected chi connectivity index (χ3v) is 7.62. The van der Waals surface area contributed by atoms with Crippen molar-refractivity contribution in [3.63, 3.8) is 0 Å². The van der Waals surface area contributed by atoms with Gasteiger partial charge in [0.05, 0.1) is 16.6 Å². The summed E-state index contributed by atoms with van der Waals surface area (Å²) in [5, 5.41) is 3.17. The van der Waals surface area contributed by atoms with E-state index in [1.54, 1.807) is 22.7 Å². The van der Waals surface area contributed by atoms with Gasteiger partial charge in [0, 0.05) is 22.8 Å². The molecule has 5 nitrogen and oxygen atoms in total. The number of benzene rings is 2. The first-order valence-electron chi connectivity index (χ1n) is 10.7. The Morgan fingerprint density at radius 3 is 2.58 bits per heavy atom. The summed E-state index contributed by atoms with van der Waals surface area (Å²) in [6.45, 7) is 0.630. The Kier molecular flexibility index (Phi) is 5.32. The molecule has 2 aliphatic rings. The zero-order valence-corrected chi connectivity index (χ0v) is 18.0. The maximum absolute atomic E-state index is 13.4. The van der Waals surface area contributed by atoms with Crippen molar-refractivity contribution in [2.24, 2.45) is 0 Å². The Balaban J connectivity index is 1.33. The number of anilines is 2. The first kappa shape index (κ1) is 19.9. The number of furan rings is 1. The average Bonchev–Trinajstić information content (AvgIpc) is 3.55. The van der Waals surface area contributed by atoms with E-state index in [1.165, 1.54) is 12.5 Å². The molecule has 158 valence electrons. The second-order valence-electron chi connectivity index (χ2n) is 8.13. The minimum atomic E-state index is -0.427. The highest BCUT2D eigenvalue weighted by atomic mass is 32.2. The summed E-state index contributed by atoms with van der Waals surface area (Å²) in [6.07, 6.45) is 7.67. The van der Waals surface area contributed by atoms with Gasteiger partial charge in [-0.3, -0.25) is 9.59 Å². The van der Waals surface area contributed by atoms with E-state index in [0.717, 1.165) is 53.9 Å². The maximum atomic E-state index is 13.4. The molecule has 2 heterocycles. The molecule has 0 bridgehead atoms. The second kappa shape index (κ2) is 8.27. The van der Waals surface area contributed by atoms with Gasteiger partial charge in [-0.05, 0) is 61.2 Å². The number of rotatable bonds is 5. The molecule has 1 aliphatic carbocycles. The van der Waals surface area contributed by atoms with Crippen LogP contribution in [0.15, 0.2) is 76.4 Å². The maximum Gasteiger partial charge on any atom is 0.261 e. The number of hydrogen-bond acceptors (Lipinski definition) is 4. The Labute approximate surface area is 185 Å². The fourth-order valence-corrected chi connectivity index (χ4v) is 5.89. The van der Waals surface area contributed by atoms with Crippen LogP contribution in [0.1, 0.15) is 41.6 Å². The van der Waals surface area contributed by atoms with Crippen LogP contribution in [0.25, 0.3) is 0 Å². The van der Waals surface area contributed by atoms with Crippen molar-refractivity contribution >= 4 is 35.0 Å². The number of nitrogens with zero attached hydrogens (tertiary/aromatic N) is 1. The number of carbonyl (C=O) groups is 2. The normalized spacial score (nSPS) is 16.8. The van der Waals surface area contributed by atoms with Gasteiger partial charge in [-0.1, -0.05) is 31.0 Å². The van der Waals surface area contributed by atoms with Crippen LogP contribution < -0.4 is 10.2 Å². The average molecular weight is 433 g/mol. The minimum absolute atomic E-state index is 0.0616. The number of hydrogen-bond donors (Lipinski definition) is 1. The molecule has 0 atom stereocenters. The van der Waals surface area contributed by atoms with Crippen LogP contribution in [0.5, 0.6) is 0 Å². The van der Waals surface area contributed by atoms with Gasteiger partial charge in [-0.15, -0.1) is 11.8 Å². The van der Waals surface area contributed by atoms with Crippen molar-refractivity contribution in [3.8, 4) is 0 Å². The number of fused-ring (bicyclic) bond motifs is 1. The third-order valence-electron chi connectivity index (χ3n) is 6.13. The van der Waals surface area contributed by atoms with Crippen LogP contribution in [0, 0.1) is 0 Å². The quantitative estimate of drug-likeness (QED) is 0.576. The second-order valence-corrected chi connectivity index (χ2v) is 9.59. The summed E-state index contributed by atoms with van der Waals surface area (Å²) < 4.78 is 4.62. The topological polar surface area (TPSA) is 62.6 Å². The number of carbonyl (C=O) groups excluding carboxylic acids is 2. The molecule has 3 aromatic rings. The Morgan fingerprint density at radius 2 is 1.84 bits per heavy atom. The largest absolute Gasteiger partial charge is 0.472 e. The van der Waals surface area contributed by atoms with Crippen molar-refractivity contribution < 1.29 is 14.0 Å². The van der Waals surface area contributed by atoms with E-state index < -0.39 is 4.75 Å².